The molecule has 0 amide bonds. The Morgan fingerprint density at radius 2 is 2.11 bits per heavy atom. The first kappa shape index (κ1) is 9.58. The lowest BCUT2D eigenvalue weighted by atomic mass is 10.3. The third kappa shape index (κ3) is 1.37. The van der Waals surface area contributed by atoms with Gasteiger partial charge in [-0.3, -0.25) is 0 Å². The van der Waals surface area contributed by atoms with Gasteiger partial charge in [0.05, 0.1) is 18.8 Å². The quantitative estimate of drug-likeness (QED) is 0.650. The van der Waals surface area contributed by atoms with Crippen LogP contribution in [0.4, 0.5) is 6.01 Å². The highest BCUT2D eigenvalue weighted by atomic mass is 16.4. The largest absolute Gasteiger partial charge is 0.423 e. The Morgan fingerprint density at radius 3 is 3.00 bits per heavy atom. The standard InChI is InChI=1S/C13H10N4O/c1-2-4-12-10(3-1)16-13(18-12)17-6-9-5-14-8-15-11(9)7-17/h1-5,8H,6-7H2. The number of aromatic nitrogens is 3. The summed E-state index contributed by atoms with van der Waals surface area (Å²) < 4.78 is 5.75. The van der Waals surface area contributed by atoms with Crippen molar-refractivity contribution in [1.82, 2.24) is 15.0 Å². The topological polar surface area (TPSA) is 55.1 Å². The Bertz CT molecular complexity index is 664. The lowest BCUT2D eigenvalue weighted by Crippen LogP contribution is -2.14. The Balaban J connectivity index is 1.73. The van der Waals surface area contributed by atoms with Crippen LogP contribution in [0.15, 0.2) is 41.2 Å². The highest BCUT2D eigenvalue weighted by molar-refractivity contribution is 5.74. The van der Waals surface area contributed by atoms with Gasteiger partial charge in [0.15, 0.2) is 5.58 Å². The third-order valence-electron chi connectivity index (χ3n) is 3.14. The molecule has 3 heterocycles. The first-order chi connectivity index (χ1) is 8.90. The molecule has 18 heavy (non-hydrogen) atoms. The first-order valence-electron chi connectivity index (χ1n) is 5.78. The van der Waals surface area contributed by atoms with Gasteiger partial charge in [0.2, 0.25) is 0 Å². The lowest BCUT2D eigenvalue weighted by Gasteiger charge is -2.10. The molecule has 0 bridgehead atoms. The highest BCUT2D eigenvalue weighted by Gasteiger charge is 2.24. The molecule has 3 aromatic rings. The molecule has 1 aliphatic rings. The van der Waals surface area contributed by atoms with Crippen LogP contribution in [-0.2, 0) is 13.1 Å². The molecule has 2 aromatic heterocycles. The molecule has 0 atom stereocenters. The van der Waals surface area contributed by atoms with Crippen molar-refractivity contribution in [3.05, 3.63) is 48.0 Å². The van der Waals surface area contributed by atoms with Crippen LogP contribution in [-0.4, -0.2) is 15.0 Å². The van der Waals surface area contributed by atoms with Crippen molar-refractivity contribution < 1.29 is 4.42 Å². The van der Waals surface area contributed by atoms with Crippen LogP contribution in [0.25, 0.3) is 11.1 Å². The van der Waals surface area contributed by atoms with Crippen molar-refractivity contribution in [3.63, 3.8) is 0 Å². The molecule has 88 valence electrons. The normalized spacial score (nSPS) is 14.1. The van der Waals surface area contributed by atoms with Crippen molar-refractivity contribution in [2.75, 3.05) is 4.90 Å². The first-order valence-corrected chi connectivity index (χ1v) is 5.78. The number of para-hydroxylation sites is 2. The number of oxazole rings is 1. The molecule has 1 aromatic carbocycles. The highest BCUT2D eigenvalue weighted by Crippen LogP contribution is 2.28. The van der Waals surface area contributed by atoms with Gasteiger partial charge in [0.25, 0.3) is 6.01 Å². The Labute approximate surface area is 103 Å². The average Bonchev–Trinajstić information content (AvgIpc) is 3.02. The minimum absolute atomic E-state index is 0.647. The molecule has 0 radical (unpaired) electrons. The van der Waals surface area contributed by atoms with Crippen LogP contribution < -0.4 is 4.90 Å². The summed E-state index contributed by atoms with van der Waals surface area (Å²) in [6.07, 6.45) is 3.43. The van der Waals surface area contributed by atoms with Gasteiger partial charge >= 0.3 is 0 Å². The van der Waals surface area contributed by atoms with Crippen molar-refractivity contribution in [1.29, 1.82) is 0 Å². The van der Waals surface area contributed by atoms with Gasteiger partial charge in [-0.05, 0) is 12.1 Å². The van der Waals surface area contributed by atoms with Gasteiger partial charge in [0.1, 0.15) is 11.8 Å². The SMILES string of the molecule is c1ccc2oc(N3Cc4cncnc4C3)nc2c1. The van der Waals surface area contributed by atoms with E-state index in [1.54, 1.807) is 6.33 Å². The Morgan fingerprint density at radius 1 is 1.17 bits per heavy atom. The molecular formula is C13H10N4O. The summed E-state index contributed by atoms with van der Waals surface area (Å²) in [6.45, 7) is 1.48. The molecule has 0 aliphatic carbocycles. The summed E-state index contributed by atoms with van der Waals surface area (Å²) >= 11 is 0. The van der Waals surface area contributed by atoms with Gasteiger partial charge in [-0.2, -0.15) is 4.98 Å². The van der Waals surface area contributed by atoms with E-state index in [-0.39, 0.29) is 0 Å². The smallest absolute Gasteiger partial charge is 0.299 e. The van der Waals surface area contributed by atoms with Crippen molar-refractivity contribution in [2.45, 2.75) is 13.1 Å². The number of fused-ring (bicyclic) bond motifs is 2. The second-order valence-corrected chi connectivity index (χ2v) is 4.31. The summed E-state index contributed by atoms with van der Waals surface area (Å²) in [5, 5.41) is 0. The van der Waals surface area contributed by atoms with Gasteiger partial charge in [-0.15, -0.1) is 0 Å². The van der Waals surface area contributed by atoms with Crippen LogP contribution in [0.1, 0.15) is 11.3 Å². The molecule has 0 spiro atoms. The second kappa shape index (κ2) is 3.53. The summed E-state index contributed by atoms with van der Waals surface area (Å²) in [7, 11) is 0. The van der Waals surface area contributed by atoms with Gasteiger partial charge in [-0.25, -0.2) is 9.97 Å². The van der Waals surface area contributed by atoms with Gasteiger partial charge in [-0.1, -0.05) is 12.1 Å². The van der Waals surface area contributed by atoms with Crippen molar-refractivity contribution in [3.8, 4) is 0 Å². The van der Waals surface area contributed by atoms with Gasteiger partial charge < -0.3 is 9.32 Å². The maximum Gasteiger partial charge on any atom is 0.299 e. The minimum Gasteiger partial charge on any atom is -0.423 e. The van der Waals surface area contributed by atoms with Crippen molar-refractivity contribution in [2.24, 2.45) is 0 Å². The molecule has 5 heteroatoms. The molecule has 0 fully saturated rings. The third-order valence-corrected chi connectivity index (χ3v) is 3.14. The van der Waals surface area contributed by atoms with E-state index < -0.39 is 0 Å². The van der Waals surface area contributed by atoms with Crippen LogP contribution in [0, 0.1) is 0 Å². The fourth-order valence-corrected chi connectivity index (χ4v) is 2.23. The summed E-state index contributed by atoms with van der Waals surface area (Å²) in [5.41, 5.74) is 3.89. The fourth-order valence-electron chi connectivity index (χ4n) is 2.23. The van der Waals surface area contributed by atoms with E-state index in [2.05, 4.69) is 19.9 Å². The zero-order chi connectivity index (χ0) is 11.9. The van der Waals surface area contributed by atoms with E-state index in [1.165, 1.54) is 0 Å². The Hall–Kier alpha value is -2.43. The molecule has 1 aliphatic heterocycles. The molecule has 0 unspecified atom stereocenters. The lowest BCUT2D eigenvalue weighted by molar-refractivity contribution is 0.573. The maximum absolute atomic E-state index is 5.75. The predicted octanol–water partition coefficient (Wildman–Crippen LogP) is 2.14. The number of hydrogen-bond donors (Lipinski definition) is 0. The monoisotopic (exact) mass is 238 g/mol. The maximum atomic E-state index is 5.75. The molecule has 0 saturated heterocycles. The molecule has 5 nitrogen and oxygen atoms in total. The number of nitrogens with zero attached hydrogens (tertiary/aromatic N) is 4. The molecule has 0 N–H and O–H groups in total. The Kier molecular flexibility index (Phi) is 1.88. The number of benzene rings is 1. The summed E-state index contributed by atoms with van der Waals surface area (Å²) in [6, 6.07) is 8.43. The van der Waals surface area contributed by atoms with E-state index in [0.29, 0.717) is 6.01 Å². The zero-order valence-electron chi connectivity index (χ0n) is 9.58. The number of anilines is 1. The van der Waals surface area contributed by atoms with Crippen LogP contribution in [0.3, 0.4) is 0 Å². The van der Waals surface area contributed by atoms with E-state index in [9.17, 15) is 0 Å². The number of rotatable bonds is 1. The summed E-state index contributed by atoms with van der Waals surface area (Å²) in [4.78, 5) is 14.9. The predicted molar refractivity (Wildman–Crippen MR) is 65.9 cm³/mol. The fraction of sp³-hybridized carbons (Fsp3) is 0.154. The van der Waals surface area contributed by atoms with E-state index in [1.807, 2.05) is 30.5 Å². The van der Waals surface area contributed by atoms with Crippen molar-refractivity contribution >= 4 is 17.1 Å². The van der Waals surface area contributed by atoms with E-state index in [4.69, 9.17) is 4.42 Å². The molecular weight excluding hydrogens is 228 g/mol. The zero-order valence-corrected chi connectivity index (χ0v) is 9.58. The van der Waals surface area contributed by atoms with Gasteiger partial charge in [0, 0.05) is 11.8 Å². The molecule has 4 rings (SSSR count). The van der Waals surface area contributed by atoms with Crippen LogP contribution in [0.2, 0.25) is 0 Å². The van der Waals surface area contributed by atoms with E-state index in [0.717, 1.165) is 35.4 Å². The van der Waals surface area contributed by atoms with E-state index >= 15 is 0 Å². The average molecular weight is 238 g/mol. The van der Waals surface area contributed by atoms with Crippen LogP contribution in [0.5, 0.6) is 0 Å². The molecule has 0 saturated carbocycles. The van der Waals surface area contributed by atoms with Crippen LogP contribution >= 0.6 is 0 Å². The second-order valence-electron chi connectivity index (χ2n) is 4.31. The minimum atomic E-state index is 0.647. The summed E-state index contributed by atoms with van der Waals surface area (Å²) in [5.74, 6) is 0. The number of hydrogen-bond acceptors (Lipinski definition) is 5.